The van der Waals surface area contributed by atoms with Crippen LogP contribution in [0.5, 0.6) is 0 Å². The molecule has 2 rings (SSSR count). The number of hydrogen-bond donors (Lipinski definition) is 0. The molecule has 102 valence electrons. The molecule has 1 aromatic heterocycles. The standard InChI is InChI=1S/C17H24N2/c1-11(2)12(3)13-7-8-14-15(9-13)18-10-16(19-14)17(4,5)6/h7-12H,1-6H3. The van der Waals surface area contributed by atoms with Gasteiger partial charge >= 0.3 is 0 Å². The second-order valence-corrected chi connectivity index (χ2v) is 6.79. The third-order valence-electron chi connectivity index (χ3n) is 3.86. The largest absolute Gasteiger partial charge is 0.253 e. The van der Waals surface area contributed by atoms with Crippen LogP contribution in [0.3, 0.4) is 0 Å². The van der Waals surface area contributed by atoms with Gasteiger partial charge in [0.15, 0.2) is 0 Å². The Kier molecular flexibility index (Phi) is 3.62. The molecule has 0 N–H and O–H groups in total. The molecular weight excluding hydrogens is 232 g/mol. The quantitative estimate of drug-likeness (QED) is 0.779. The lowest BCUT2D eigenvalue weighted by Gasteiger charge is -2.19. The Balaban J connectivity index is 2.46. The van der Waals surface area contributed by atoms with Crippen LogP contribution in [0.2, 0.25) is 0 Å². The van der Waals surface area contributed by atoms with Gasteiger partial charge in [0.2, 0.25) is 0 Å². The van der Waals surface area contributed by atoms with Crippen LogP contribution in [0, 0.1) is 5.92 Å². The van der Waals surface area contributed by atoms with Crippen LogP contribution in [0.15, 0.2) is 24.4 Å². The Morgan fingerprint density at radius 2 is 1.68 bits per heavy atom. The topological polar surface area (TPSA) is 25.8 Å². The summed E-state index contributed by atoms with van der Waals surface area (Å²) in [4.78, 5) is 9.32. The average molecular weight is 256 g/mol. The molecule has 2 aromatic rings. The van der Waals surface area contributed by atoms with Gasteiger partial charge in [-0.1, -0.05) is 47.6 Å². The minimum atomic E-state index is 0.0467. The van der Waals surface area contributed by atoms with Crippen LogP contribution in [0.1, 0.15) is 58.7 Å². The first-order valence-electron chi connectivity index (χ1n) is 7.06. The molecule has 0 bridgehead atoms. The van der Waals surface area contributed by atoms with Gasteiger partial charge in [0.1, 0.15) is 0 Å². The Morgan fingerprint density at radius 1 is 1.00 bits per heavy atom. The highest BCUT2D eigenvalue weighted by Crippen LogP contribution is 2.27. The Labute approximate surface area is 116 Å². The second-order valence-electron chi connectivity index (χ2n) is 6.79. The molecular formula is C17H24N2. The van der Waals surface area contributed by atoms with Crippen molar-refractivity contribution in [2.24, 2.45) is 5.92 Å². The van der Waals surface area contributed by atoms with Gasteiger partial charge in [-0.05, 0) is 29.5 Å². The number of nitrogens with zero attached hydrogens (tertiary/aromatic N) is 2. The molecule has 1 unspecified atom stereocenters. The zero-order chi connectivity index (χ0) is 14.2. The minimum Gasteiger partial charge on any atom is -0.253 e. The molecule has 0 aliphatic rings. The van der Waals surface area contributed by atoms with Gasteiger partial charge in [0, 0.05) is 11.6 Å². The average Bonchev–Trinajstić information content (AvgIpc) is 2.35. The van der Waals surface area contributed by atoms with Crippen LogP contribution < -0.4 is 0 Å². The number of fused-ring (bicyclic) bond motifs is 1. The summed E-state index contributed by atoms with van der Waals surface area (Å²) in [5.41, 5.74) is 4.43. The molecule has 1 heterocycles. The van der Waals surface area contributed by atoms with Crippen LogP contribution in [-0.2, 0) is 5.41 Å². The van der Waals surface area contributed by atoms with E-state index in [4.69, 9.17) is 4.98 Å². The van der Waals surface area contributed by atoms with Gasteiger partial charge in [-0.15, -0.1) is 0 Å². The molecule has 2 nitrogen and oxygen atoms in total. The third kappa shape index (κ3) is 2.94. The molecule has 0 aliphatic carbocycles. The number of rotatable bonds is 2. The number of hydrogen-bond acceptors (Lipinski definition) is 2. The van der Waals surface area contributed by atoms with Gasteiger partial charge in [-0.3, -0.25) is 4.98 Å². The highest BCUT2D eigenvalue weighted by atomic mass is 14.8. The maximum Gasteiger partial charge on any atom is 0.0890 e. The molecule has 0 aliphatic heterocycles. The van der Waals surface area contributed by atoms with Crippen molar-refractivity contribution in [2.75, 3.05) is 0 Å². The SMILES string of the molecule is CC(C)C(C)c1ccc2nc(C(C)(C)C)cnc2c1. The predicted octanol–water partition coefficient (Wildman–Crippen LogP) is 4.69. The highest BCUT2D eigenvalue weighted by Gasteiger charge is 2.17. The lowest BCUT2D eigenvalue weighted by atomic mass is 9.90. The van der Waals surface area contributed by atoms with Crippen LogP contribution >= 0.6 is 0 Å². The van der Waals surface area contributed by atoms with E-state index in [1.165, 1.54) is 5.56 Å². The summed E-state index contributed by atoms with van der Waals surface area (Å²) in [5, 5.41) is 0. The summed E-state index contributed by atoms with van der Waals surface area (Å²) in [7, 11) is 0. The summed E-state index contributed by atoms with van der Waals surface area (Å²) in [6, 6.07) is 6.47. The van der Waals surface area contributed by atoms with Gasteiger partial charge in [0.05, 0.1) is 16.7 Å². The molecule has 0 saturated heterocycles. The minimum absolute atomic E-state index is 0.0467. The summed E-state index contributed by atoms with van der Waals surface area (Å²) >= 11 is 0. The van der Waals surface area contributed by atoms with E-state index in [2.05, 4.69) is 64.7 Å². The zero-order valence-corrected chi connectivity index (χ0v) is 12.9. The van der Waals surface area contributed by atoms with Crippen molar-refractivity contribution >= 4 is 11.0 Å². The van der Waals surface area contributed by atoms with Gasteiger partial charge in [-0.25, -0.2) is 4.98 Å². The maximum atomic E-state index is 4.73. The molecule has 1 atom stereocenters. The molecule has 0 saturated carbocycles. The molecule has 19 heavy (non-hydrogen) atoms. The lowest BCUT2D eigenvalue weighted by molar-refractivity contribution is 0.535. The number of benzene rings is 1. The third-order valence-corrected chi connectivity index (χ3v) is 3.86. The van der Waals surface area contributed by atoms with Crippen molar-refractivity contribution in [1.29, 1.82) is 0 Å². The van der Waals surface area contributed by atoms with E-state index in [9.17, 15) is 0 Å². The monoisotopic (exact) mass is 256 g/mol. The first-order valence-corrected chi connectivity index (χ1v) is 7.06. The predicted molar refractivity (Wildman–Crippen MR) is 81.5 cm³/mol. The van der Waals surface area contributed by atoms with E-state index >= 15 is 0 Å². The van der Waals surface area contributed by atoms with Crippen molar-refractivity contribution in [3.8, 4) is 0 Å². The lowest BCUT2D eigenvalue weighted by Crippen LogP contribution is -2.14. The molecule has 1 aromatic carbocycles. The Hall–Kier alpha value is -1.44. The van der Waals surface area contributed by atoms with Gasteiger partial charge in [0.25, 0.3) is 0 Å². The maximum absolute atomic E-state index is 4.73. The fourth-order valence-electron chi connectivity index (χ4n) is 2.06. The molecule has 0 spiro atoms. The van der Waals surface area contributed by atoms with Crippen molar-refractivity contribution < 1.29 is 0 Å². The van der Waals surface area contributed by atoms with E-state index in [-0.39, 0.29) is 5.41 Å². The van der Waals surface area contributed by atoms with Crippen molar-refractivity contribution in [3.05, 3.63) is 35.7 Å². The fourth-order valence-corrected chi connectivity index (χ4v) is 2.06. The smallest absolute Gasteiger partial charge is 0.0890 e. The summed E-state index contributed by atoms with van der Waals surface area (Å²) in [6.45, 7) is 13.3. The molecule has 0 fully saturated rings. The summed E-state index contributed by atoms with van der Waals surface area (Å²) < 4.78 is 0. The Morgan fingerprint density at radius 3 is 2.26 bits per heavy atom. The second kappa shape index (κ2) is 4.92. The van der Waals surface area contributed by atoms with E-state index < -0.39 is 0 Å². The van der Waals surface area contributed by atoms with E-state index in [0.717, 1.165) is 16.7 Å². The van der Waals surface area contributed by atoms with Crippen LogP contribution in [0.4, 0.5) is 0 Å². The first-order chi connectivity index (χ1) is 8.79. The summed E-state index contributed by atoms with van der Waals surface area (Å²) in [6.07, 6.45) is 1.91. The molecule has 2 heteroatoms. The van der Waals surface area contributed by atoms with Crippen LogP contribution in [0.25, 0.3) is 11.0 Å². The first kappa shape index (κ1) is 14.0. The number of aromatic nitrogens is 2. The van der Waals surface area contributed by atoms with Crippen molar-refractivity contribution in [1.82, 2.24) is 9.97 Å². The summed E-state index contributed by atoms with van der Waals surface area (Å²) in [5.74, 6) is 1.19. The van der Waals surface area contributed by atoms with Gasteiger partial charge < -0.3 is 0 Å². The van der Waals surface area contributed by atoms with E-state index in [1.807, 2.05) is 6.20 Å². The Bertz CT molecular complexity index is 579. The van der Waals surface area contributed by atoms with Gasteiger partial charge in [-0.2, -0.15) is 0 Å². The molecule has 0 amide bonds. The fraction of sp³-hybridized carbons (Fsp3) is 0.529. The zero-order valence-electron chi connectivity index (χ0n) is 12.9. The normalized spacial score (nSPS) is 14.1. The molecule has 0 radical (unpaired) electrons. The van der Waals surface area contributed by atoms with Crippen molar-refractivity contribution in [3.63, 3.8) is 0 Å². The van der Waals surface area contributed by atoms with E-state index in [0.29, 0.717) is 11.8 Å². The van der Waals surface area contributed by atoms with Crippen LogP contribution in [-0.4, -0.2) is 9.97 Å². The van der Waals surface area contributed by atoms with E-state index in [1.54, 1.807) is 0 Å². The highest BCUT2D eigenvalue weighted by molar-refractivity contribution is 5.75. The van der Waals surface area contributed by atoms with Crippen molar-refractivity contribution in [2.45, 2.75) is 52.9 Å².